The highest BCUT2D eigenvalue weighted by molar-refractivity contribution is 9.10. The first-order chi connectivity index (χ1) is 5.25. The molecule has 0 spiro atoms. The van der Waals surface area contributed by atoms with Gasteiger partial charge in [-0.25, -0.2) is 4.39 Å². The highest BCUT2D eigenvalue weighted by atomic mass is 79.9. The van der Waals surface area contributed by atoms with E-state index in [0.717, 1.165) is 6.21 Å². The molecule has 0 saturated carbocycles. The van der Waals surface area contributed by atoms with Crippen LogP contribution < -0.4 is 0 Å². The highest BCUT2D eigenvalue weighted by Crippen LogP contribution is 2.17. The Balaban J connectivity index is 3.20. The maximum absolute atomic E-state index is 12.8. The van der Waals surface area contributed by atoms with Gasteiger partial charge in [0.2, 0.25) is 0 Å². The van der Waals surface area contributed by atoms with Gasteiger partial charge in [-0.2, -0.15) is 0 Å². The van der Waals surface area contributed by atoms with E-state index < -0.39 is 5.82 Å². The van der Waals surface area contributed by atoms with Gasteiger partial charge in [-0.15, -0.1) is 0 Å². The van der Waals surface area contributed by atoms with Crippen molar-refractivity contribution in [1.82, 2.24) is 0 Å². The van der Waals surface area contributed by atoms with Gasteiger partial charge in [-0.3, -0.25) is 0 Å². The van der Waals surface area contributed by atoms with Gasteiger partial charge in [0.1, 0.15) is 5.82 Å². The molecule has 4 heteroatoms. The summed E-state index contributed by atoms with van der Waals surface area (Å²) in [6.45, 7) is 0. The van der Waals surface area contributed by atoms with Gasteiger partial charge in [0.25, 0.3) is 0 Å². The van der Waals surface area contributed by atoms with Crippen molar-refractivity contribution in [2.75, 3.05) is 0 Å². The van der Waals surface area contributed by atoms with E-state index >= 15 is 0 Å². The van der Waals surface area contributed by atoms with Gasteiger partial charge in [0.05, 0.1) is 6.21 Å². The first-order valence-electron chi connectivity index (χ1n) is 2.87. The van der Waals surface area contributed by atoms with Crippen LogP contribution in [0.3, 0.4) is 0 Å². The smallest absolute Gasteiger partial charge is 0.133 e. The third-order valence-corrected chi connectivity index (χ3v) is 1.88. The Morgan fingerprint density at radius 3 is 2.82 bits per heavy atom. The lowest BCUT2D eigenvalue weighted by Gasteiger charge is -1.96. The molecule has 0 heterocycles. The number of oxime groups is 1. The molecule has 0 amide bonds. The van der Waals surface area contributed by atoms with Crippen LogP contribution in [0.4, 0.5) is 4.39 Å². The number of halogens is 2. The third kappa shape index (κ3) is 1.77. The fourth-order valence-corrected chi connectivity index (χ4v) is 1.14. The molecule has 0 aliphatic heterocycles. The van der Waals surface area contributed by atoms with E-state index in [2.05, 4.69) is 21.1 Å². The van der Waals surface area contributed by atoms with Crippen molar-refractivity contribution in [1.29, 1.82) is 0 Å². The van der Waals surface area contributed by atoms with Crippen LogP contribution in [0, 0.1) is 5.82 Å². The van der Waals surface area contributed by atoms with E-state index in [1.807, 2.05) is 0 Å². The van der Waals surface area contributed by atoms with Gasteiger partial charge in [0, 0.05) is 10.0 Å². The average molecular weight is 218 g/mol. The Labute approximate surface area is 71.5 Å². The molecule has 0 saturated heterocycles. The van der Waals surface area contributed by atoms with Crippen molar-refractivity contribution in [2.24, 2.45) is 5.16 Å². The SMILES string of the molecule is O/N=C\c1c(F)cccc1Br. The van der Waals surface area contributed by atoms with Gasteiger partial charge in [0.15, 0.2) is 0 Å². The molecule has 0 bridgehead atoms. The lowest BCUT2D eigenvalue weighted by molar-refractivity contribution is 0.321. The van der Waals surface area contributed by atoms with E-state index in [9.17, 15) is 4.39 Å². The summed E-state index contributed by atoms with van der Waals surface area (Å²) in [5.41, 5.74) is 0.245. The molecule has 0 fully saturated rings. The van der Waals surface area contributed by atoms with E-state index in [1.165, 1.54) is 6.07 Å². The number of hydrogen-bond acceptors (Lipinski definition) is 2. The highest BCUT2D eigenvalue weighted by Gasteiger charge is 2.02. The molecule has 0 aliphatic carbocycles. The summed E-state index contributed by atoms with van der Waals surface area (Å²) in [7, 11) is 0. The third-order valence-electron chi connectivity index (χ3n) is 1.19. The number of rotatable bonds is 1. The van der Waals surface area contributed by atoms with Gasteiger partial charge >= 0.3 is 0 Å². The number of hydrogen-bond donors (Lipinski definition) is 1. The minimum atomic E-state index is -0.419. The van der Waals surface area contributed by atoms with Gasteiger partial charge < -0.3 is 5.21 Å². The van der Waals surface area contributed by atoms with Crippen molar-refractivity contribution in [3.63, 3.8) is 0 Å². The molecule has 58 valence electrons. The maximum Gasteiger partial charge on any atom is 0.133 e. The van der Waals surface area contributed by atoms with E-state index in [1.54, 1.807) is 12.1 Å². The molecule has 11 heavy (non-hydrogen) atoms. The second kappa shape index (κ2) is 3.48. The van der Waals surface area contributed by atoms with Crippen LogP contribution in [0.5, 0.6) is 0 Å². The van der Waals surface area contributed by atoms with Crippen LogP contribution >= 0.6 is 15.9 Å². The Morgan fingerprint density at radius 1 is 1.55 bits per heavy atom. The molecule has 2 nitrogen and oxygen atoms in total. The Bertz CT molecular complexity index is 268. The molecule has 0 atom stereocenters. The quantitative estimate of drug-likeness (QED) is 0.438. The molecule has 1 aromatic rings. The lowest BCUT2D eigenvalue weighted by atomic mass is 10.2. The first kappa shape index (κ1) is 8.20. The number of benzene rings is 1. The van der Waals surface area contributed by atoms with Crippen molar-refractivity contribution < 1.29 is 9.60 Å². The Hall–Kier alpha value is -0.900. The van der Waals surface area contributed by atoms with Crippen LogP contribution in [-0.4, -0.2) is 11.4 Å². The zero-order valence-electron chi connectivity index (χ0n) is 5.46. The summed E-state index contributed by atoms with van der Waals surface area (Å²) in [5, 5.41) is 10.9. The van der Waals surface area contributed by atoms with E-state index in [4.69, 9.17) is 5.21 Å². The fraction of sp³-hybridized carbons (Fsp3) is 0. The summed E-state index contributed by atoms with van der Waals surface area (Å²) in [5.74, 6) is -0.419. The fourth-order valence-electron chi connectivity index (χ4n) is 0.692. The molecule has 1 aromatic carbocycles. The second-order valence-corrected chi connectivity index (χ2v) is 2.73. The molecule has 0 radical (unpaired) electrons. The molecule has 1 rings (SSSR count). The Kier molecular flexibility index (Phi) is 2.59. The summed E-state index contributed by atoms with van der Waals surface area (Å²) < 4.78 is 13.4. The average Bonchev–Trinajstić information content (AvgIpc) is 1.97. The van der Waals surface area contributed by atoms with Crippen LogP contribution in [0.2, 0.25) is 0 Å². The van der Waals surface area contributed by atoms with Gasteiger partial charge in [-0.05, 0) is 12.1 Å². The molecule has 0 unspecified atom stereocenters. The van der Waals surface area contributed by atoms with Crippen LogP contribution in [0.1, 0.15) is 5.56 Å². The first-order valence-corrected chi connectivity index (χ1v) is 3.66. The summed E-state index contributed by atoms with van der Waals surface area (Å²) >= 11 is 3.11. The van der Waals surface area contributed by atoms with Crippen molar-refractivity contribution in [3.8, 4) is 0 Å². The van der Waals surface area contributed by atoms with Crippen LogP contribution in [0.15, 0.2) is 27.8 Å². The normalized spacial score (nSPS) is 10.7. The summed E-state index contributed by atoms with van der Waals surface area (Å²) in [4.78, 5) is 0. The minimum absolute atomic E-state index is 0.245. The second-order valence-electron chi connectivity index (χ2n) is 1.88. The minimum Gasteiger partial charge on any atom is -0.411 e. The van der Waals surface area contributed by atoms with Crippen molar-refractivity contribution in [3.05, 3.63) is 34.1 Å². The summed E-state index contributed by atoms with van der Waals surface area (Å²) in [6.07, 6.45) is 1.04. The lowest BCUT2D eigenvalue weighted by Crippen LogP contribution is -1.88. The van der Waals surface area contributed by atoms with Gasteiger partial charge in [-0.1, -0.05) is 27.2 Å². The van der Waals surface area contributed by atoms with Crippen LogP contribution in [0.25, 0.3) is 0 Å². The standard InChI is InChI=1S/C7H5BrFNO/c8-6-2-1-3-7(9)5(6)4-10-11/h1-4,11H/b10-4-. The van der Waals surface area contributed by atoms with Crippen LogP contribution in [-0.2, 0) is 0 Å². The maximum atomic E-state index is 12.8. The predicted molar refractivity (Wildman–Crippen MR) is 43.5 cm³/mol. The largest absolute Gasteiger partial charge is 0.411 e. The zero-order valence-corrected chi connectivity index (χ0v) is 7.05. The van der Waals surface area contributed by atoms with E-state index in [0.29, 0.717) is 4.47 Å². The monoisotopic (exact) mass is 217 g/mol. The summed E-state index contributed by atoms with van der Waals surface area (Å²) in [6, 6.07) is 4.52. The molecule has 0 aromatic heterocycles. The topological polar surface area (TPSA) is 32.6 Å². The van der Waals surface area contributed by atoms with Crippen molar-refractivity contribution >= 4 is 22.1 Å². The molecule has 1 N–H and O–H groups in total. The predicted octanol–water partition coefficient (Wildman–Crippen LogP) is 2.40. The van der Waals surface area contributed by atoms with E-state index in [-0.39, 0.29) is 5.56 Å². The number of nitrogens with zero attached hydrogens (tertiary/aromatic N) is 1. The zero-order chi connectivity index (χ0) is 8.27. The molecular weight excluding hydrogens is 213 g/mol. The molecular formula is C7H5BrFNO. The van der Waals surface area contributed by atoms with Crippen molar-refractivity contribution in [2.45, 2.75) is 0 Å². The molecule has 0 aliphatic rings. The Morgan fingerprint density at radius 2 is 2.27 bits per heavy atom.